The number of thiazole rings is 1. The Bertz CT molecular complexity index is 561. The maximum atomic E-state index is 13.3. The van der Waals surface area contributed by atoms with Crippen LogP contribution in [0.4, 0.5) is 4.39 Å². The monoisotopic (exact) mass is 300 g/mol. The van der Waals surface area contributed by atoms with E-state index in [0.29, 0.717) is 18.7 Å². The molecule has 0 fully saturated rings. The van der Waals surface area contributed by atoms with Crippen molar-refractivity contribution in [2.45, 2.75) is 19.6 Å². The largest absolute Gasteiger partial charge is 0.387 e. The smallest absolute Gasteiger partial charge is 0.142 e. The number of benzene rings is 1. The molecule has 0 aliphatic carbocycles. The van der Waals surface area contributed by atoms with Crippen molar-refractivity contribution in [2.24, 2.45) is 0 Å². The third kappa shape index (κ3) is 3.98. The van der Waals surface area contributed by atoms with Crippen molar-refractivity contribution in [3.63, 3.8) is 0 Å². The minimum absolute atomic E-state index is 0.0573. The van der Waals surface area contributed by atoms with Gasteiger partial charge in [-0.05, 0) is 24.6 Å². The number of nitrogens with zero attached hydrogens (tertiary/aromatic N) is 1. The molecule has 0 spiro atoms. The Morgan fingerprint density at radius 3 is 2.95 bits per heavy atom. The van der Waals surface area contributed by atoms with Crippen molar-refractivity contribution in [1.29, 1.82) is 0 Å². The van der Waals surface area contributed by atoms with Crippen LogP contribution in [0.1, 0.15) is 22.4 Å². The van der Waals surface area contributed by atoms with Crippen molar-refractivity contribution in [3.8, 4) is 0 Å². The molecule has 1 heterocycles. The first-order chi connectivity index (χ1) is 9.06. The summed E-state index contributed by atoms with van der Waals surface area (Å²) in [6.45, 7) is 2.86. The second-order valence-electron chi connectivity index (χ2n) is 4.18. The summed E-state index contributed by atoms with van der Waals surface area (Å²) in [7, 11) is 0. The minimum Gasteiger partial charge on any atom is -0.387 e. The van der Waals surface area contributed by atoms with Crippen LogP contribution in [0, 0.1) is 12.7 Å². The van der Waals surface area contributed by atoms with Crippen LogP contribution in [0.15, 0.2) is 23.6 Å². The Morgan fingerprint density at radius 2 is 2.32 bits per heavy atom. The van der Waals surface area contributed by atoms with Crippen LogP contribution in [-0.2, 0) is 6.54 Å². The number of aryl methyl sites for hydroxylation is 1. The highest BCUT2D eigenvalue weighted by molar-refractivity contribution is 7.09. The quantitative estimate of drug-likeness (QED) is 0.892. The van der Waals surface area contributed by atoms with Crippen LogP contribution in [0.3, 0.4) is 0 Å². The zero-order valence-corrected chi connectivity index (χ0v) is 11.9. The summed E-state index contributed by atoms with van der Waals surface area (Å²) in [4.78, 5) is 4.30. The Labute approximate surface area is 120 Å². The van der Waals surface area contributed by atoms with Gasteiger partial charge in [0, 0.05) is 18.5 Å². The first-order valence-electron chi connectivity index (χ1n) is 5.81. The molecular formula is C13H14ClFN2OS. The number of hydrogen-bond donors (Lipinski definition) is 2. The van der Waals surface area contributed by atoms with E-state index in [1.807, 2.05) is 12.3 Å². The van der Waals surface area contributed by atoms with Gasteiger partial charge in [0.1, 0.15) is 5.82 Å². The lowest BCUT2D eigenvalue weighted by molar-refractivity contribution is 0.174. The van der Waals surface area contributed by atoms with E-state index in [2.05, 4.69) is 10.3 Å². The summed E-state index contributed by atoms with van der Waals surface area (Å²) < 4.78 is 13.3. The SMILES string of the molecule is Cc1nc(CNC[C@@H](O)c2ccc(Cl)c(F)c2)cs1. The molecular weight excluding hydrogens is 287 g/mol. The molecule has 0 aliphatic heterocycles. The number of aliphatic hydroxyl groups excluding tert-OH is 1. The van der Waals surface area contributed by atoms with Crippen molar-refractivity contribution in [3.05, 3.63) is 50.7 Å². The Morgan fingerprint density at radius 1 is 1.53 bits per heavy atom. The second kappa shape index (κ2) is 6.43. The van der Waals surface area contributed by atoms with E-state index < -0.39 is 11.9 Å². The number of aromatic nitrogens is 1. The molecule has 2 aromatic rings. The summed E-state index contributed by atoms with van der Waals surface area (Å²) in [5, 5.41) is 16.1. The molecule has 1 aromatic carbocycles. The Hall–Kier alpha value is -1.01. The molecule has 0 amide bonds. The predicted octanol–water partition coefficient (Wildman–Crippen LogP) is 3.07. The van der Waals surface area contributed by atoms with E-state index in [1.165, 1.54) is 12.1 Å². The van der Waals surface area contributed by atoms with E-state index >= 15 is 0 Å². The maximum absolute atomic E-state index is 13.3. The molecule has 0 saturated heterocycles. The van der Waals surface area contributed by atoms with Gasteiger partial charge in [0.15, 0.2) is 0 Å². The summed E-state index contributed by atoms with van der Waals surface area (Å²) >= 11 is 7.18. The molecule has 0 radical (unpaired) electrons. The molecule has 1 atom stereocenters. The normalized spacial score (nSPS) is 12.6. The lowest BCUT2D eigenvalue weighted by Gasteiger charge is -2.12. The molecule has 0 aliphatic rings. The molecule has 0 bridgehead atoms. The highest BCUT2D eigenvalue weighted by atomic mass is 35.5. The van der Waals surface area contributed by atoms with Crippen molar-refractivity contribution < 1.29 is 9.50 Å². The summed E-state index contributed by atoms with van der Waals surface area (Å²) in [6.07, 6.45) is -0.772. The molecule has 0 unspecified atom stereocenters. The first kappa shape index (κ1) is 14.4. The van der Waals surface area contributed by atoms with Crippen LogP contribution in [0.25, 0.3) is 0 Å². The average Bonchev–Trinajstić information content (AvgIpc) is 2.78. The van der Waals surface area contributed by atoms with Crippen LogP contribution in [0.5, 0.6) is 0 Å². The lowest BCUT2D eigenvalue weighted by Crippen LogP contribution is -2.21. The predicted molar refractivity (Wildman–Crippen MR) is 74.9 cm³/mol. The number of halogens is 2. The van der Waals surface area contributed by atoms with Crippen LogP contribution >= 0.6 is 22.9 Å². The summed E-state index contributed by atoms with van der Waals surface area (Å²) in [6, 6.07) is 4.31. The minimum atomic E-state index is -0.772. The summed E-state index contributed by atoms with van der Waals surface area (Å²) in [5.41, 5.74) is 1.45. The van der Waals surface area contributed by atoms with Crippen LogP contribution in [0.2, 0.25) is 5.02 Å². The van der Waals surface area contributed by atoms with Gasteiger partial charge in [-0.25, -0.2) is 9.37 Å². The molecule has 1 aromatic heterocycles. The van der Waals surface area contributed by atoms with Gasteiger partial charge >= 0.3 is 0 Å². The summed E-state index contributed by atoms with van der Waals surface area (Å²) in [5.74, 6) is -0.520. The lowest BCUT2D eigenvalue weighted by atomic mass is 10.1. The fraction of sp³-hybridized carbons (Fsp3) is 0.308. The van der Waals surface area contributed by atoms with Gasteiger partial charge in [0.25, 0.3) is 0 Å². The Balaban J connectivity index is 1.86. The van der Waals surface area contributed by atoms with Crippen LogP contribution in [-0.4, -0.2) is 16.6 Å². The van der Waals surface area contributed by atoms with E-state index in [0.717, 1.165) is 10.7 Å². The van der Waals surface area contributed by atoms with Gasteiger partial charge < -0.3 is 10.4 Å². The van der Waals surface area contributed by atoms with Gasteiger partial charge in [-0.1, -0.05) is 17.7 Å². The molecule has 2 rings (SSSR count). The highest BCUT2D eigenvalue weighted by Gasteiger charge is 2.10. The van der Waals surface area contributed by atoms with Gasteiger partial charge in [0.05, 0.1) is 21.8 Å². The zero-order chi connectivity index (χ0) is 13.8. The van der Waals surface area contributed by atoms with Gasteiger partial charge in [-0.3, -0.25) is 0 Å². The number of aliphatic hydroxyl groups is 1. The van der Waals surface area contributed by atoms with Crippen molar-refractivity contribution in [1.82, 2.24) is 10.3 Å². The van der Waals surface area contributed by atoms with Crippen LogP contribution < -0.4 is 5.32 Å². The van der Waals surface area contributed by atoms with E-state index in [4.69, 9.17) is 11.6 Å². The third-order valence-corrected chi connectivity index (χ3v) is 3.77. The van der Waals surface area contributed by atoms with Gasteiger partial charge in [0.2, 0.25) is 0 Å². The zero-order valence-electron chi connectivity index (χ0n) is 10.4. The van der Waals surface area contributed by atoms with Crippen molar-refractivity contribution in [2.75, 3.05) is 6.54 Å². The third-order valence-electron chi connectivity index (χ3n) is 2.64. The first-order valence-corrected chi connectivity index (χ1v) is 7.07. The molecule has 2 N–H and O–H groups in total. The fourth-order valence-electron chi connectivity index (χ4n) is 1.66. The van der Waals surface area contributed by atoms with Crippen molar-refractivity contribution >= 4 is 22.9 Å². The molecule has 3 nitrogen and oxygen atoms in total. The molecule has 19 heavy (non-hydrogen) atoms. The number of rotatable bonds is 5. The topological polar surface area (TPSA) is 45.2 Å². The molecule has 0 saturated carbocycles. The highest BCUT2D eigenvalue weighted by Crippen LogP contribution is 2.20. The fourth-order valence-corrected chi connectivity index (χ4v) is 2.39. The molecule has 6 heteroatoms. The van der Waals surface area contributed by atoms with E-state index in [9.17, 15) is 9.50 Å². The maximum Gasteiger partial charge on any atom is 0.142 e. The van der Waals surface area contributed by atoms with Gasteiger partial charge in [-0.15, -0.1) is 11.3 Å². The molecule has 102 valence electrons. The Kier molecular flexibility index (Phi) is 4.87. The second-order valence-corrected chi connectivity index (χ2v) is 5.65. The standard InChI is InChI=1S/C13H14ClFN2OS/c1-8-17-10(7-19-8)5-16-6-13(18)9-2-3-11(14)12(15)4-9/h2-4,7,13,16,18H,5-6H2,1H3/t13-/m1/s1. The number of nitrogens with one attached hydrogen (secondary N) is 1. The van der Waals surface area contributed by atoms with Gasteiger partial charge in [-0.2, -0.15) is 0 Å². The van der Waals surface area contributed by atoms with E-state index in [-0.39, 0.29) is 5.02 Å². The number of hydrogen-bond acceptors (Lipinski definition) is 4. The average molecular weight is 301 g/mol. The van der Waals surface area contributed by atoms with E-state index in [1.54, 1.807) is 17.4 Å².